The second-order valence-corrected chi connectivity index (χ2v) is 5.82. The normalized spacial score (nSPS) is 18.4. The minimum atomic E-state index is 0.196. The molecule has 3 aromatic heterocycles. The van der Waals surface area contributed by atoms with Gasteiger partial charge in [0.15, 0.2) is 5.65 Å². The van der Waals surface area contributed by atoms with Gasteiger partial charge in [0.1, 0.15) is 6.61 Å². The lowest BCUT2D eigenvalue weighted by molar-refractivity contribution is 0.0659. The number of aromatic nitrogens is 3. The Morgan fingerprint density at radius 3 is 3.19 bits per heavy atom. The van der Waals surface area contributed by atoms with Crippen LogP contribution < -0.4 is 4.74 Å². The van der Waals surface area contributed by atoms with Gasteiger partial charge >= 0.3 is 0 Å². The monoisotopic (exact) mass is 301 g/mol. The highest BCUT2D eigenvalue weighted by atomic mass is 32.1. The van der Waals surface area contributed by atoms with E-state index in [0.717, 1.165) is 36.4 Å². The summed E-state index contributed by atoms with van der Waals surface area (Å²) in [5.74, 6) is 0.604. The number of fused-ring (bicyclic) bond motifs is 1. The minimum Gasteiger partial charge on any atom is -0.474 e. The van der Waals surface area contributed by atoms with E-state index in [2.05, 4.69) is 21.5 Å². The van der Waals surface area contributed by atoms with Gasteiger partial charge < -0.3 is 9.47 Å². The number of imidazole rings is 1. The quantitative estimate of drug-likeness (QED) is 0.743. The standard InChI is InChI=1S/C15H15N3O2S/c1-2-12(19-6-1)9-20-15-4-3-14-16-8-13(18(14)17-15)11-5-7-21-10-11/h3-5,7-8,10,12H,1-2,6,9H2. The van der Waals surface area contributed by atoms with Crippen molar-refractivity contribution >= 4 is 17.0 Å². The van der Waals surface area contributed by atoms with E-state index in [-0.39, 0.29) is 6.10 Å². The van der Waals surface area contributed by atoms with Gasteiger partial charge in [-0.25, -0.2) is 9.50 Å². The molecule has 1 aliphatic heterocycles. The van der Waals surface area contributed by atoms with Crippen LogP contribution >= 0.6 is 11.3 Å². The molecule has 1 saturated heterocycles. The first-order valence-corrected chi connectivity index (χ1v) is 7.96. The SMILES string of the molecule is c1cc(-c2cnc3ccc(OCC4CCCO4)nn23)cs1. The van der Waals surface area contributed by atoms with Gasteiger partial charge in [0, 0.05) is 23.6 Å². The molecule has 1 fully saturated rings. The summed E-state index contributed by atoms with van der Waals surface area (Å²) in [4.78, 5) is 4.38. The average molecular weight is 301 g/mol. The molecule has 0 bridgehead atoms. The van der Waals surface area contributed by atoms with Gasteiger partial charge in [-0.15, -0.1) is 5.10 Å². The van der Waals surface area contributed by atoms with Crippen molar-refractivity contribution in [2.45, 2.75) is 18.9 Å². The molecule has 1 atom stereocenters. The Bertz CT molecular complexity index is 733. The smallest absolute Gasteiger partial charge is 0.231 e. The van der Waals surface area contributed by atoms with E-state index in [1.54, 1.807) is 11.3 Å². The Morgan fingerprint density at radius 2 is 2.38 bits per heavy atom. The van der Waals surface area contributed by atoms with E-state index in [0.29, 0.717) is 12.5 Å². The molecule has 0 amide bonds. The summed E-state index contributed by atoms with van der Waals surface area (Å²) in [6.07, 6.45) is 4.22. The van der Waals surface area contributed by atoms with Crippen LogP contribution in [-0.4, -0.2) is 33.9 Å². The summed E-state index contributed by atoms with van der Waals surface area (Å²) in [7, 11) is 0. The largest absolute Gasteiger partial charge is 0.474 e. The van der Waals surface area contributed by atoms with Crippen molar-refractivity contribution in [3.8, 4) is 17.1 Å². The first kappa shape index (κ1) is 12.8. The van der Waals surface area contributed by atoms with Crippen molar-refractivity contribution < 1.29 is 9.47 Å². The molecular weight excluding hydrogens is 286 g/mol. The zero-order valence-electron chi connectivity index (χ0n) is 11.4. The molecule has 0 spiro atoms. The maximum absolute atomic E-state index is 5.76. The van der Waals surface area contributed by atoms with E-state index < -0.39 is 0 Å². The van der Waals surface area contributed by atoms with Gasteiger partial charge in [0.25, 0.3) is 0 Å². The highest BCUT2D eigenvalue weighted by Gasteiger charge is 2.16. The Morgan fingerprint density at radius 1 is 1.38 bits per heavy atom. The van der Waals surface area contributed by atoms with Crippen molar-refractivity contribution in [1.29, 1.82) is 0 Å². The van der Waals surface area contributed by atoms with Crippen molar-refractivity contribution in [1.82, 2.24) is 14.6 Å². The zero-order chi connectivity index (χ0) is 14.1. The first-order chi connectivity index (χ1) is 10.4. The highest BCUT2D eigenvalue weighted by Crippen LogP contribution is 2.23. The third-order valence-electron chi connectivity index (χ3n) is 3.60. The summed E-state index contributed by atoms with van der Waals surface area (Å²) in [5.41, 5.74) is 2.92. The molecule has 4 rings (SSSR count). The molecule has 0 saturated carbocycles. The Labute approximate surface area is 126 Å². The van der Waals surface area contributed by atoms with E-state index in [1.807, 2.05) is 28.2 Å². The van der Waals surface area contributed by atoms with Crippen LogP contribution in [0, 0.1) is 0 Å². The third-order valence-corrected chi connectivity index (χ3v) is 4.28. The van der Waals surface area contributed by atoms with E-state index in [4.69, 9.17) is 9.47 Å². The van der Waals surface area contributed by atoms with Crippen molar-refractivity contribution in [2.75, 3.05) is 13.2 Å². The molecule has 0 aromatic carbocycles. The average Bonchev–Trinajstić information content (AvgIpc) is 3.24. The van der Waals surface area contributed by atoms with Gasteiger partial charge in [-0.05, 0) is 30.4 Å². The molecule has 1 aliphatic rings. The number of thiophene rings is 1. The molecule has 0 radical (unpaired) electrons. The third kappa shape index (κ3) is 2.52. The van der Waals surface area contributed by atoms with Gasteiger partial charge in [-0.2, -0.15) is 11.3 Å². The maximum atomic E-state index is 5.76. The van der Waals surface area contributed by atoms with Crippen LogP contribution in [0.15, 0.2) is 35.2 Å². The lowest BCUT2D eigenvalue weighted by Crippen LogP contribution is -2.17. The molecule has 4 heterocycles. The fourth-order valence-electron chi connectivity index (χ4n) is 2.49. The minimum absolute atomic E-state index is 0.196. The predicted molar refractivity (Wildman–Crippen MR) is 80.8 cm³/mol. The number of hydrogen-bond donors (Lipinski definition) is 0. The van der Waals surface area contributed by atoms with Crippen LogP contribution in [0.5, 0.6) is 5.88 Å². The molecule has 21 heavy (non-hydrogen) atoms. The van der Waals surface area contributed by atoms with Gasteiger partial charge in [0.2, 0.25) is 5.88 Å². The van der Waals surface area contributed by atoms with Crippen molar-refractivity contribution in [3.63, 3.8) is 0 Å². The molecule has 1 unspecified atom stereocenters. The van der Waals surface area contributed by atoms with Crippen LogP contribution in [0.25, 0.3) is 16.9 Å². The molecule has 3 aromatic rings. The van der Waals surface area contributed by atoms with E-state index in [9.17, 15) is 0 Å². The molecule has 108 valence electrons. The topological polar surface area (TPSA) is 48.7 Å². The lowest BCUT2D eigenvalue weighted by atomic mass is 10.2. The molecule has 0 N–H and O–H groups in total. The second-order valence-electron chi connectivity index (χ2n) is 5.04. The predicted octanol–water partition coefficient (Wildman–Crippen LogP) is 3.02. The van der Waals surface area contributed by atoms with Crippen LogP contribution in [0.3, 0.4) is 0 Å². The number of nitrogens with zero attached hydrogens (tertiary/aromatic N) is 3. The molecule has 6 heteroatoms. The van der Waals surface area contributed by atoms with Crippen molar-refractivity contribution in [3.05, 3.63) is 35.2 Å². The fraction of sp³-hybridized carbons (Fsp3) is 0.333. The van der Waals surface area contributed by atoms with Gasteiger partial charge in [0.05, 0.1) is 18.0 Å². The van der Waals surface area contributed by atoms with Crippen LogP contribution in [-0.2, 0) is 4.74 Å². The van der Waals surface area contributed by atoms with Crippen LogP contribution in [0.1, 0.15) is 12.8 Å². The summed E-state index contributed by atoms with van der Waals surface area (Å²) in [6.45, 7) is 1.39. The second kappa shape index (κ2) is 5.46. The van der Waals surface area contributed by atoms with Crippen molar-refractivity contribution in [2.24, 2.45) is 0 Å². The Balaban J connectivity index is 1.60. The highest BCUT2D eigenvalue weighted by molar-refractivity contribution is 7.08. The Hall–Kier alpha value is -1.92. The maximum Gasteiger partial charge on any atom is 0.231 e. The summed E-state index contributed by atoms with van der Waals surface area (Å²) in [6, 6.07) is 5.85. The zero-order valence-corrected chi connectivity index (χ0v) is 12.3. The van der Waals surface area contributed by atoms with Crippen LogP contribution in [0.4, 0.5) is 0 Å². The lowest BCUT2D eigenvalue weighted by Gasteiger charge is -2.10. The summed E-state index contributed by atoms with van der Waals surface area (Å²) in [5, 5.41) is 8.67. The molecular formula is C15H15N3O2S. The first-order valence-electron chi connectivity index (χ1n) is 7.02. The molecule has 0 aliphatic carbocycles. The van der Waals surface area contributed by atoms with E-state index in [1.165, 1.54) is 0 Å². The summed E-state index contributed by atoms with van der Waals surface area (Å²) >= 11 is 1.66. The number of ether oxygens (including phenoxy) is 2. The number of hydrogen-bond acceptors (Lipinski definition) is 5. The summed E-state index contributed by atoms with van der Waals surface area (Å²) < 4.78 is 13.1. The fourth-order valence-corrected chi connectivity index (χ4v) is 3.14. The molecule has 5 nitrogen and oxygen atoms in total. The van der Waals surface area contributed by atoms with Crippen LogP contribution in [0.2, 0.25) is 0 Å². The van der Waals surface area contributed by atoms with Gasteiger partial charge in [-0.1, -0.05) is 0 Å². The van der Waals surface area contributed by atoms with Gasteiger partial charge in [-0.3, -0.25) is 0 Å². The Kier molecular flexibility index (Phi) is 3.33. The van der Waals surface area contributed by atoms with E-state index >= 15 is 0 Å². The number of rotatable bonds is 4.